The summed E-state index contributed by atoms with van der Waals surface area (Å²) in [4.78, 5) is 0. The third-order valence-corrected chi connectivity index (χ3v) is 2.38. The van der Waals surface area contributed by atoms with Crippen molar-refractivity contribution in [3.63, 3.8) is 0 Å². The summed E-state index contributed by atoms with van der Waals surface area (Å²) in [5.74, 6) is 0.0167. The topological polar surface area (TPSA) is 41.5 Å². The van der Waals surface area contributed by atoms with Gasteiger partial charge in [0.1, 0.15) is 0 Å². The summed E-state index contributed by atoms with van der Waals surface area (Å²) in [5.41, 5.74) is 0. The van der Waals surface area contributed by atoms with Crippen LogP contribution in [-0.4, -0.2) is 31.4 Å². The number of aliphatic hydroxyl groups is 1. The molecule has 96 valence electrons. The summed E-state index contributed by atoms with van der Waals surface area (Å²) in [7, 11) is 0. The molecule has 0 aromatic heterocycles. The largest absolute Gasteiger partial charge is 0.491 e. The van der Waals surface area contributed by atoms with Crippen LogP contribution in [0.1, 0.15) is 19.3 Å². The number of nitrogens with one attached hydrogen (secondary N) is 1. The van der Waals surface area contributed by atoms with Crippen LogP contribution in [0.25, 0.3) is 0 Å². The molecule has 0 fully saturated rings. The molecule has 0 saturated heterocycles. The molecule has 17 heavy (non-hydrogen) atoms. The van der Waals surface area contributed by atoms with E-state index < -0.39 is 0 Å². The number of benzene rings is 1. The molecule has 0 saturated carbocycles. The molecule has 0 heterocycles. The lowest BCUT2D eigenvalue weighted by Crippen LogP contribution is -2.19. The van der Waals surface area contributed by atoms with Gasteiger partial charge in [-0.05, 0) is 37.9 Å². The fourth-order valence-electron chi connectivity index (χ4n) is 1.48. The summed E-state index contributed by atoms with van der Waals surface area (Å²) in [5, 5.41) is 11.6. The highest BCUT2D eigenvalue weighted by Crippen LogP contribution is 2.15. The Morgan fingerprint density at radius 2 is 1.94 bits per heavy atom. The van der Waals surface area contributed by atoms with E-state index in [9.17, 15) is 4.39 Å². The molecule has 1 aromatic rings. The van der Waals surface area contributed by atoms with Gasteiger partial charge in [-0.15, -0.1) is 0 Å². The van der Waals surface area contributed by atoms with Gasteiger partial charge in [0.2, 0.25) is 0 Å². The van der Waals surface area contributed by atoms with Gasteiger partial charge in [0, 0.05) is 6.54 Å². The van der Waals surface area contributed by atoms with Crippen molar-refractivity contribution in [3.8, 4) is 5.75 Å². The first kappa shape index (κ1) is 13.9. The molecule has 0 aliphatic carbocycles. The van der Waals surface area contributed by atoms with Gasteiger partial charge in [0.05, 0.1) is 13.2 Å². The first-order chi connectivity index (χ1) is 8.34. The van der Waals surface area contributed by atoms with E-state index in [0.717, 1.165) is 25.8 Å². The smallest absolute Gasteiger partial charge is 0.165 e. The van der Waals surface area contributed by atoms with Crippen molar-refractivity contribution >= 4 is 0 Å². The maximum absolute atomic E-state index is 13.1. The van der Waals surface area contributed by atoms with Gasteiger partial charge in [0.25, 0.3) is 0 Å². The predicted octanol–water partition coefficient (Wildman–Crippen LogP) is 1.96. The van der Waals surface area contributed by atoms with Crippen LogP contribution in [-0.2, 0) is 0 Å². The minimum Gasteiger partial charge on any atom is -0.491 e. The zero-order valence-electron chi connectivity index (χ0n) is 9.99. The first-order valence-corrected chi connectivity index (χ1v) is 6.03. The number of hydrogen-bond acceptors (Lipinski definition) is 3. The minimum atomic E-state index is -0.308. The number of rotatable bonds is 9. The lowest BCUT2D eigenvalue weighted by molar-refractivity contribution is 0.284. The molecule has 3 nitrogen and oxygen atoms in total. The predicted molar refractivity (Wildman–Crippen MR) is 65.7 cm³/mol. The van der Waals surface area contributed by atoms with Crippen molar-refractivity contribution in [2.24, 2.45) is 0 Å². The summed E-state index contributed by atoms with van der Waals surface area (Å²) in [6, 6.07) is 6.44. The molecule has 0 aliphatic rings. The summed E-state index contributed by atoms with van der Waals surface area (Å²) in [6.07, 6.45) is 2.99. The van der Waals surface area contributed by atoms with Crippen LogP contribution in [0.5, 0.6) is 5.75 Å². The average Bonchev–Trinajstić information content (AvgIpc) is 2.35. The second-order valence-corrected chi connectivity index (χ2v) is 3.81. The zero-order valence-corrected chi connectivity index (χ0v) is 9.99. The molecule has 0 amide bonds. The number of unbranched alkanes of at least 4 members (excludes halogenated alkanes) is 2. The van der Waals surface area contributed by atoms with Crippen LogP contribution < -0.4 is 10.1 Å². The monoisotopic (exact) mass is 241 g/mol. The summed E-state index contributed by atoms with van der Waals surface area (Å²) >= 11 is 0. The Morgan fingerprint density at radius 1 is 1.12 bits per heavy atom. The second-order valence-electron chi connectivity index (χ2n) is 3.81. The van der Waals surface area contributed by atoms with Gasteiger partial charge < -0.3 is 15.2 Å². The third kappa shape index (κ3) is 6.24. The Hall–Kier alpha value is -1.13. The fourth-order valence-corrected chi connectivity index (χ4v) is 1.48. The van der Waals surface area contributed by atoms with E-state index in [1.165, 1.54) is 6.07 Å². The van der Waals surface area contributed by atoms with Crippen molar-refractivity contribution in [2.45, 2.75) is 19.3 Å². The van der Waals surface area contributed by atoms with Crippen molar-refractivity contribution in [2.75, 3.05) is 26.3 Å². The Morgan fingerprint density at radius 3 is 2.71 bits per heavy atom. The molecule has 0 spiro atoms. The average molecular weight is 241 g/mol. The van der Waals surface area contributed by atoms with Crippen LogP contribution in [0.4, 0.5) is 4.39 Å². The number of halogens is 1. The normalized spacial score (nSPS) is 10.5. The minimum absolute atomic E-state index is 0.177. The molecule has 0 bridgehead atoms. The first-order valence-electron chi connectivity index (χ1n) is 6.03. The molecule has 0 aliphatic heterocycles. The van der Waals surface area contributed by atoms with E-state index in [0.29, 0.717) is 18.9 Å². The number of para-hydroxylation sites is 1. The summed E-state index contributed by atoms with van der Waals surface area (Å²) < 4.78 is 18.5. The van der Waals surface area contributed by atoms with E-state index in [1.54, 1.807) is 18.2 Å². The Kier molecular flexibility index (Phi) is 7.34. The quantitative estimate of drug-likeness (QED) is 0.649. The highest BCUT2D eigenvalue weighted by atomic mass is 19.1. The highest BCUT2D eigenvalue weighted by Gasteiger charge is 2.00. The van der Waals surface area contributed by atoms with Gasteiger partial charge in [-0.25, -0.2) is 4.39 Å². The van der Waals surface area contributed by atoms with Gasteiger partial charge in [-0.2, -0.15) is 0 Å². The molecule has 1 rings (SSSR count). The molecule has 2 N–H and O–H groups in total. The highest BCUT2D eigenvalue weighted by molar-refractivity contribution is 5.23. The Balaban J connectivity index is 1.99. The van der Waals surface area contributed by atoms with Crippen LogP contribution in [0.2, 0.25) is 0 Å². The van der Waals surface area contributed by atoms with Gasteiger partial charge in [-0.3, -0.25) is 0 Å². The number of hydrogen-bond donors (Lipinski definition) is 2. The lowest BCUT2D eigenvalue weighted by Gasteiger charge is -2.07. The molecular weight excluding hydrogens is 221 g/mol. The second kappa shape index (κ2) is 8.96. The lowest BCUT2D eigenvalue weighted by atomic mass is 10.2. The van der Waals surface area contributed by atoms with Crippen LogP contribution in [0.15, 0.2) is 24.3 Å². The molecule has 4 heteroatoms. The van der Waals surface area contributed by atoms with E-state index in [2.05, 4.69) is 5.32 Å². The molecule has 0 atom stereocenters. The van der Waals surface area contributed by atoms with Gasteiger partial charge in [0.15, 0.2) is 11.6 Å². The van der Waals surface area contributed by atoms with E-state index in [-0.39, 0.29) is 12.4 Å². The van der Waals surface area contributed by atoms with Crippen molar-refractivity contribution in [3.05, 3.63) is 30.1 Å². The maximum Gasteiger partial charge on any atom is 0.165 e. The number of aliphatic hydroxyl groups excluding tert-OH is 1. The third-order valence-electron chi connectivity index (χ3n) is 2.38. The SMILES string of the molecule is OCCNCCCCCOc1ccccc1F. The van der Waals surface area contributed by atoms with Crippen molar-refractivity contribution in [1.82, 2.24) is 5.32 Å². The van der Waals surface area contributed by atoms with Crippen LogP contribution >= 0.6 is 0 Å². The van der Waals surface area contributed by atoms with Crippen molar-refractivity contribution < 1.29 is 14.2 Å². The maximum atomic E-state index is 13.1. The fraction of sp³-hybridized carbons (Fsp3) is 0.538. The van der Waals surface area contributed by atoms with E-state index >= 15 is 0 Å². The molecule has 0 unspecified atom stereocenters. The van der Waals surface area contributed by atoms with E-state index in [4.69, 9.17) is 9.84 Å². The van der Waals surface area contributed by atoms with Crippen LogP contribution in [0.3, 0.4) is 0 Å². The Labute approximate surface area is 102 Å². The molecule has 1 aromatic carbocycles. The number of ether oxygens (including phenoxy) is 1. The van der Waals surface area contributed by atoms with E-state index in [1.807, 2.05) is 0 Å². The molecule has 0 radical (unpaired) electrons. The molecular formula is C13H20FNO2. The van der Waals surface area contributed by atoms with Crippen molar-refractivity contribution in [1.29, 1.82) is 0 Å². The zero-order chi connectivity index (χ0) is 12.3. The van der Waals surface area contributed by atoms with Crippen LogP contribution in [0, 0.1) is 5.82 Å². The van der Waals surface area contributed by atoms with Gasteiger partial charge in [-0.1, -0.05) is 12.1 Å². The Bertz CT molecular complexity index is 307. The van der Waals surface area contributed by atoms with Gasteiger partial charge >= 0.3 is 0 Å². The summed E-state index contributed by atoms with van der Waals surface area (Å²) in [6.45, 7) is 2.27. The standard InChI is InChI=1S/C13H20FNO2/c14-12-6-2-3-7-13(12)17-11-5-1-4-8-15-9-10-16/h2-3,6-7,15-16H,1,4-5,8-11H2.